The van der Waals surface area contributed by atoms with E-state index in [2.05, 4.69) is 4.72 Å². The highest BCUT2D eigenvalue weighted by Crippen LogP contribution is 2.19. The molecular weight excluding hydrogens is 296 g/mol. The summed E-state index contributed by atoms with van der Waals surface area (Å²) >= 11 is 0. The van der Waals surface area contributed by atoms with Crippen LogP contribution in [0.3, 0.4) is 0 Å². The van der Waals surface area contributed by atoms with Crippen LogP contribution in [0, 0.1) is 0 Å². The summed E-state index contributed by atoms with van der Waals surface area (Å²) in [6.07, 6.45) is 2.77. The van der Waals surface area contributed by atoms with Crippen LogP contribution < -0.4 is 10.5 Å². The summed E-state index contributed by atoms with van der Waals surface area (Å²) in [5.41, 5.74) is 6.82. The zero-order valence-corrected chi connectivity index (χ0v) is 13.7. The van der Waals surface area contributed by atoms with Crippen LogP contribution in [0.1, 0.15) is 25.8 Å². The van der Waals surface area contributed by atoms with Gasteiger partial charge in [-0.15, -0.1) is 0 Å². The van der Waals surface area contributed by atoms with Gasteiger partial charge in [-0.1, -0.05) is 19.9 Å². The fraction of sp³-hybridized carbons (Fsp3) is 0.538. The van der Waals surface area contributed by atoms with Gasteiger partial charge in [-0.3, -0.25) is 4.21 Å². The van der Waals surface area contributed by atoms with Crippen LogP contribution in [0.2, 0.25) is 0 Å². The Morgan fingerprint density at radius 1 is 1.40 bits per heavy atom. The number of anilines is 1. The second kappa shape index (κ2) is 7.19. The fourth-order valence-electron chi connectivity index (χ4n) is 1.75. The molecule has 1 aromatic rings. The van der Waals surface area contributed by atoms with Crippen LogP contribution in [0.15, 0.2) is 23.1 Å². The molecule has 3 N–H and O–H groups in total. The van der Waals surface area contributed by atoms with Gasteiger partial charge in [0.1, 0.15) is 0 Å². The molecule has 5 nitrogen and oxygen atoms in total. The zero-order valence-electron chi connectivity index (χ0n) is 12.0. The number of nitrogens with one attached hydrogen (secondary N) is 1. The molecule has 0 spiro atoms. The third kappa shape index (κ3) is 4.57. The van der Waals surface area contributed by atoms with Crippen LogP contribution in [0.5, 0.6) is 0 Å². The zero-order chi connectivity index (χ0) is 15.3. The minimum Gasteiger partial charge on any atom is -0.399 e. The third-order valence-corrected chi connectivity index (χ3v) is 6.08. The molecule has 2 atom stereocenters. The number of hydrogen-bond donors (Lipinski definition) is 2. The van der Waals surface area contributed by atoms with Gasteiger partial charge in [0.15, 0.2) is 0 Å². The molecule has 0 saturated carbocycles. The van der Waals surface area contributed by atoms with E-state index in [0.717, 1.165) is 5.56 Å². The van der Waals surface area contributed by atoms with E-state index < -0.39 is 20.8 Å². The first-order valence-corrected chi connectivity index (χ1v) is 9.58. The first-order valence-electron chi connectivity index (χ1n) is 6.48. The Morgan fingerprint density at radius 3 is 2.60 bits per heavy atom. The highest BCUT2D eigenvalue weighted by Gasteiger charge is 2.18. The van der Waals surface area contributed by atoms with Crippen LogP contribution in [-0.2, 0) is 27.2 Å². The van der Waals surface area contributed by atoms with Crippen molar-refractivity contribution in [2.75, 3.05) is 18.5 Å². The first-order chi connectivity index (χ1) is 9.27. The fourth-order valence-corrected chi connectivity index (χ4v) is 3.59. The number of sulfonamides is 1. The van der Waals surface area contributed by atoms with Crippen molar-refractivity contribution in [2.45, 2.75) is 36.8 Å². The Morgan fingerprint density at radius 2 is 2.05 bits per heavy atom. The lowest BCUT2D eigenvalue weighted by molar-refractivity contribution is 0.577. The molecule has 1 aromatic carbocycles. The molecule has 114 valence electrons. The third-order valence-electron chi connectivity index (χ3n) is 3.17. The summed E-state index contributed by atoms with van der Waals surface area (Å²) in [7, 11) is -4.52. The summed E-state index contributed by atoms with van der Waals surface area (Å²) in [6.45, 7) is 4.00. The molecule has 0 saturated heterocycles. The van der Waals surface area contributed by atoms with Crippen molar-refractivity contribution >= 4 is 26.5 Å². The Balaban J connectivity index is 2.84. The summed E-state index contributed by atoms with van der Waals surface area (Å²) < 4.78 is 38.3. The monoisotopic (exact) mass is 318 g/mol. The average molecular weight is 318 g/mol. The molecule has 0 fully saturated rings. The van der Waals surface area contributed by atoms with E-state index >= 15 is 0 Å². The molecule has 0 radical (unpaired) electrons. The number of nitrogen functional groups attached to an aromatic ring is 1. The second-order valence-corrected chi connectivity index (χ2v) is 8.25. The topological polar surface area (TPSA) is 89.3 Å². The van der Waals surface area contributed by atoms with Gasteiger partial charge in [0.05, 0.1) is 4.90 Å². The predicted octanol–water partition coefficient (Wildman–Crippen LogP) is 1.27. The summed E-state index contributed by atoms with van der Waals surface area (Å²) in [5, 5.41) is -0.0378. The molecule has 0 aromatic heterocycles. The van der Waals surface area contributed by atoms with E-state index in [-0.39, 0.29) is 16.7 Å². The smallest absolute Gasteiger partial charge is 0.240 e. The van der Waals surface area contributed by atoms with E-state index in [1.807, 2.05) is 13.8 Å². The van der Waals surface area contributed by atoms with E-state index in [9.17, 15) is 12.6 Å². The molecule has 0 aliphatic heterocycles. The maximum Gasteiger partial charge on any atom is 0.240 e. The van der Waals surface area contributed by atoms with Crippen LogP contribution in [0.25, 0.3) is 0 Å². The highest BCUT2D eigenvalue weighted by molar-refractivity contribution is 7.89. The number of nitrogens with two attached hydrogens (primary N) is 1. The van der Waals surface area contributed by atoms with Gasteiger partial charge in [0, 0.05) is 34.5 Å². The van der Waals surface area contributed by atoms with Crippen molar-refractivity contribution in [1.29, 1.82) is 0 Å². The minimum absolute atomic E-state index is 0.0378. The van der Waals surface area contributed by atoms with Crippen molar-refractivity contribution in [3.8, 4) is 0 Å². The van der Waals surface area contributed by atoms with Gasteiger partial charge in [-0.05, 0) is 30.5 Å². The van der Waals surface area contributed by atoms with Crippen molar-refractivity contribution in [3.05, 3.63) is 23.8 Å². The van der Waals surface area contributed by atoms with Gasteiger partial charge in [-0.25, -0.2) is 13.1 Å². The summed E-state index contributed by atoms with van der Waals surface area (Å²) in [4.78, 5) is 0.227. The standard InChI is InChI=1S/C13H22N2O3S2/c1-4-11-5-6-12(14)9-13(11)20(17,18)15-8-7-10(2)19(3)16/h5-6,9-10,15H,4,7-8,14H2,1-3H3. The van der Waals surface area contributed by atoms with E-state index in [4.69, 9.17) is 5.73 Å². The maximum absolute atomic E-state index is 12.3. The van der Waals surface area contributed by atoms with Crippen LogP contribution >= 0.6 is 0 Å². The summed E-state index contributed by atoms with van der Waals surface area (Å²) in [5.74, 6) is 0. The molecule has 2 unspecified atom stereocenters. The van der Waals surface area contributed by atoms with E-state index in [1.54, 1.807) is 18.4 Å². The van der Waals surface area contributed by atoms with Crippen molar-refractivity contribution in [2.24, 2.45) is 0 Å². The lowest BCUT2D eigenvalue weighted by atomic mass is 10.1. The molecule has 20 heavy (non-hydrogen) atoms. The van der Waals surface area contributed by atoms with Crippen LogP contribution in [0.4, 0.5) is 5.69 Å². The van der Waals surface area contributed by atoms with Gasteiger partial charge in [-0.2, -0.15) is 0 Å². The molecule has 1 rings (SSSR count). The van der Waals surface area contributed by atoms with Crippen molar-refractivity contribution < 1.29 is 12.6 Å². The minimum atomic E-state index is -3.58. The summed E-state index contributed by atoms with van der Waals surface area (Å²) in [6, 6.07) is 4.90. The van der Waals surface area contributed by atoms with Gasteiger partial charge >= 0.3 is 0 Å². The van der Waals surface area contributed by atoms with Crippen LogP contribution in [-0.4, -0.2) is 30.7 Å². The SMILES string of the molecule is CCc1ccc(N)cc1S(=O)(=O)NCCC(C)S(C)=O. The Hall–Kier alpha value is -0.920. The first kappa shape index (κ1) is 17.1. The molecule has 0 heterocycles. The lowest BCUT2D eigenvalue weighted by Crippen LogP contribution is -2.28. The Kier molecular flexibility index (Phi) is 6.16. The molecule has 0 amide bonds. The molecular formula is C13H22N2O3S2. The number of aryl methyl sites for hydroxylation is 1. The average Bonchev–Trinajstić information content (AvgIpc) is 2.38. The van der Waals surface area contributed by atoms with E-state index in [1.165, 1.54) is 6.07 Å². The maximum atomic E-state index is 12.3. The largest absolute Gasteiger partial charge is 0.399 e. The predicted molar refractivity (Wildman–Crippen MR) is 83.6 cm³/mol. The Bertz CT molecular complexity index is 585. The normalized spacial score (nSPS) is 14.9. The highest BCUT2D eigenvalue weighted by atomic mass is 32.2. The molecule has 0 bridgehead atoms. The number of rotatable bonds is 7. The molecule has 0 aliphatic carbocycles. The van der Waals surface area contributed by atoms with Gasteiger partial charge < -0.3 is 5.73 Å². The molecule has 0 aliphatic rings. The number of hydrogen-bond acceptors (Lipinski definition) is 4. The Labute approximate surface area is 123 Å². The van der Waals surface area contributed by atoms with Gasteiger partial charge in [0.25, 0.3) is 0 Å². The van der Waals surface area contributed by atoms with Crippen molar-refractivity contribution in [1.82, 2.24) is 4.72 Å². The number of benzene rings is 1. The second-order valence-electron chi connectivity index (χ2n) is 4.72. The van der Waals surface area contributed by atoms with E-state index in [0.29, 0.717) is 18.5 Å². The lowest BCUT2D eigenvalue weighted by Gasteiger charge is -2.13. The van der Waals surface area contributed by atoms with Gasteiger partial charge in [0.2, 0.25) is 10.0 Å². The molecule has 7 heteroatoms. The van der Waals surface area contributed by atoms with Crippen molar-refractivity contribution in [3.63, 3.8) is 0 Å². The quantitative estimate of drug-likeness (QED) is 0.741.